The molecule has 5 heteroatoms. The van der Waals surface area contributed by atoms with E-state index >= 15 is 0 Å². The lowest BCUT2D eigenvalue weighted by atomic mass is 10.0. The molecule has 0 unspecified atom stereocenters. The van der Waals surface area contributed by atoms with E-state index in [1.807, 2.05) is 19.1 Å². The first-order valence-electron chi connectivity index (χ1n) is 6.43. The average Bonchev–Trinajstić information content (AvgIpc) is 2.63. The van der Waals surface area contributed by atoms with Crippen LogP contribution in [0.15, 0.2) is 28.9 Å². The summed E-state index contributed by atoms with van der Waals surface area (Å²) in [5.74, 6) is 2.66. The molecular weight excluding hydrogens is 320 g/mol. The zero-order chi connectivity index (χ0) is 14.3. The first-order chi connectivity index (χ1) is 9.43. The normalized spacial score (nSPS) is 15.6. The van der Waals surface area contributed by atoms with Gasteiger partial charge in [0.2, 0.25) is 5.88 Å². The topological polar surface area (TPSA) is 44.2 Å². The molecule has 0 bridgehead atoms. The third-order valence-electron chi connectivity index (χ3n) is 3.05. The van der Waals surface area contributed by atoms with E-state index in [4.69, 9.17) is 9.47 Å². The number of hydrogen-bond donors (Lipinski definition) is 0. The summed E-state index contributed by atoms with van der Waals surface area (Å²) in [5.41, 5.74) is 0.974. The maximum atomic E-state index is 5.98. The minimum Gasteiger partial charge on any atom is -0.483 e. The fraction of sp³-hybridized carbons (Fsp3) is 0.333. The lowest BCUT2D eigenvalue weighted by molar-refractivity contribution is 0.135. The molecular formula is C15H15BrN2O2. The van der Waals surface area contributed by atoms with Gasteiger partial charge in [0.1, 0.15) is 16.0 Å². The first kappa shape index (κ1) is 13.4. The van der Waals surface area contributed by atoms with Crippen LogP contribution in [0.5, 0.6) is 17.4 Å². The molecule has 0 spiro atoms. The van der Waals surface area contributed by atoms with Gasteiger partial charge in [-0.25, -0.2) is 4.98 Å². The van der Waals surface area contributed by atoms with Gasteiger partial charge < -0.3 is 9.47 Å². The summed E-state index contributed by atoms with van der Waals surface area (Å²) < 4.78 is 12.6. The first-order valence-corrected chi connectivity index (χ1v) is 7.22. The molecule has 1 aromatic heterocycles. The Morgan fingerprint density at radius 1 is 1.30 bits per heavy atom. The second-order valence-corrected chi connectivity index (χ2v) is 6.27. The summed E-state index contributed by atoms with van der Waals surface area (Å²) >= 11 is 3.34. The number of rotatable bonds is 2. The van der Waals surface area contributed by atoms with Crippen LogP contribution < -0.4 is 9.47 Å². The number of aryl methyl sites for hydroxylation is 1. The van der Waals surface area contributed by atoms with Gasteiger partial charge in [-0.15, -0.1) is 0 Å². The number of halogens is 1. The van der Waals surface area contributed by atoms with Gasteiger partial charge in [0.25, 0.3) is 0 Å². The van der Waals surface area contributed by atoms with Crippen LogP contribution in [0.4, 0.5) is 0 Å². The zero-order valence-corrected chi connectivity index (χ0v) is 13.2. The van der Waals surface area contributed by atoms with Gasteiger partial charge in [0.15, 0.2) is 11.5 Å². The number of para-hydroxylation sites is 1. The van der Waals surface area contributed by atoms with Crippen molar-refractivity contribution in [2.75, 3.05) is 0 Å². The molecule has 0 N–H and O–H groups in total. The van der Waals surface area contributed by atoms with Crippen molar-refractivity contribution in [3.05, 3.63) is 40.3 Å². The van der Waals surface area contributed by atoms with Crippen LogP contribution in [0.2, 0.25) is 0 Å². The Morgan fingerprint density at radius 3 is 2.85 bits per heavy atom. The van der Waals surface area contributed by atoms with Gasteiger partial charge in [-0.05, 0) is 42.8 Å². The van der Waals surface area contributed by atoms with E-state index in [9.17, 15) is 0 Å². The van der Waals surface area contributed by atoms with Crippen LogP contribution in [-0.2, 0) is 6.42 Å². The summed E-state index contributed by atoms with van der Waals surface area (Å²) in [6.45, 7) is 5.97. The summed E-state index contributed by atoms with van der Waals surface area (Å²) in [7, 11) is 0. The Hall–Kier alpha value is -1.62. The minimum absolute atomic E-state index is 0.191. The third-order valence-corrected chi connectivity index (χ3v) is 3.46. The van der Waals surface area contributed by atoms with Crippen LogP contribution in [0.25, 0.3) is 0 Å². The molecule has 0 aliphatic carbocycles. The highest BCUT2D eigenvalue weighted by Gasteiger charge is 2.32. The second kappa shape index (κ2) is 4.74. The van der Waals surface area contributed by atoms with Gasteiger partial charge in [0.05, 0.1) is 0 Å². The van der Waals surface area contributed by atoms with E-state index in [0.717, 1.165) is 17.7 Å². The molecule has 4 nitrogen and oxygen atoms in total. The highest BCUT2D eigenvalue weighted by molar-refractivity contribution is 9.10. The molecule has 1 aliphatic heterocycles. The van der Waals surface area contributed by atoms with E-state index in [2.05, 4.69) is 45.8 Å². The number of nitrogens with zero attached hydrogens (tertiary/aromatic N) is 2. The molecule has 20 heavy (non-hydrogen) atoms. The number of benzene rings is 1. The molecule has 104 valence electrons. The molecule has 1 aromatic carbocycles. The van der Waals surface area contributed by atoms with Gasteiger partial charge in [-0.2, -0.15) is 4.98 Å². The van der Waals surface area contributed by atoms with Crippen LogP contribution in [0.3, 0.4) is 0 Å². The summed E-state index contributed by atoms with van der Waals surface area (Å²) in [6.07, 6.45) is 0.881. The summed E-state index contributed by atoms with van der Waals surface area (Å²) in [5, 5.41) is 0. The Kier molecular flexibility index (Phi) is 3.17. The van der Waals surface area contributed by atoms with Crippen LogP contribution in [-0.4, -0.2) is 15.6 Å². The fourth-order valence-electron chi connectivity index (χ4n) is 2.34. The van der Waals surface area contributed by atoms with Crippen molar-refractivity contribution in [3.63, 3.8) is 0 Å². The molecule has 2 heterocycles. The predicted octanol–water partition coefficient (Wildman–Crippen LogP) is 4.05. The molecule has 0 saturated carbocycles. The average molecular weight is 335 g/mol. The lowest BCUT2D eigenvalue weighted by Gasteiger charge is -2.18. The molecule has 0 saturated heterocycles. The van der Waals surface area contributed by atoms with E-state index in [1.54, 1.807) is 6.07 Å². The Balaban J connectivity index is 1.95. The maximum absolute atomic E-state index is 5.98. The van der Waals surface area contributed by atoms with Gasteiger partial charge in [-0.1, -0.05) is 12.1 Å². The molecule has 0 atom stereocenters. The quantitative estimate of drug-likeness (QED) is 0.777. The van der Waals surface area contributed by atoms with E-state index in [-0.39, 0.29) is 5.60 Å². The number of ether oxygens (including phenoxy) is 2. The maximum Gasteiger partial charge on any atom is 0.223 e. The van der Waals surface area contributed by atoms with Crippen LogP contribution in [0, 0.1) is 6.92 Å². The molecule has 3 rings (SSSR count). The number of hydrogen-bond acceptors (Lipinski definition) is 4. The van der Waals surface area contributed by atoms with Crippen molar-refractivity contribution in [1.29, 1.82) is 0 Å². The summed E-state index contributed by atoms with van der Waals surface area (Å²) in [4.78, 5) is 8.44. The Bertz CT molecular complexity index is 651. The Morgan fingerprint density at radius 2 is 2.10 bits per heavy atom. The monoisotopic (exact) mass is 334 g/mol. The lowest BCUT2D eigenvalue weighted by Crippen LogP contribution is -2.24. The van der Waals surface area contributed by atoms with Crippen molar-refractivity contribution >= 4 is 15.9 Å². The second-order valence-electron chi connectivity index (χ2n) is 5.46. The summed E-state index contributed by atoms with van der Waals surface area (Å²) in [6, 6.07) is 7.68. The molecule has 1 aliphatic rings. The van der Waals surface area contributed by atoms with Gasteiger partial charge in [-0.3, -0.25) is 0 Å². The van der Waals surface area contributed by atoms with Crippen LogP contribution in [0.1, 0.15) is 25.2 Å². The third kappa shape index (κ3) is 2.63. The van der Waals surface area contributed by atoms with Crippen molar-refractivity contribution in [1.82, 2.24) is 9.97 Å². The molecule has 2 aromatic rings. The van der Waals surface area contributed by atoms with E-state index in [1.165, 1.54) is 0 Å². The van der Waals surface area contributed by atoms with Gasteiger partial charge >= 0.3 is 0 Å². The highest BCUT2D eigenvalue weighted by Crippen LogP contribution is 2.43. The minimum atomic E-state index is -0.191. The molecule has 0 radical (unpaired) electrons. The van der Waals surface area contributed by atoms with Crippen molar-refractivity contribution in [2.24, 2.45) is 0 Å². The van der Waals surface area contributed by atoms with E-state index < -0.39 is 0 Å². The fourth-order valence-corrected chi connectivity index (χ4v) is 2.79. The van der Waals surface area contributed by atoms with Gasteiger partial charge in [0, 0.05) is 18.1 Å². The zero-order valence-electron chi connectivity index (χ0n) is 11.6. The predicted molar refractivity (Wildman–Crippen MR) is 79.4 cm³/mol. The Labute approximate surface area is 126 Å². The van der Waals surface area contributed by atoms with Crippen LogP contribution >= 0.6 is 15.9 Å². The molecule has 0 fully saturated rings. The number of fused-ring (bicyclic) bond motifs is 1. The number of aromatic nitrogens is 2. The van der Waals surface area contributed by atoms with Crippen molar-refractivity contribution in [2.45, 2.75) is 32.8 Å². The van der Waals surface area contributed by atoms with E-state index in [0.29, 0.717) is 22.1 Å². The largest absolute Gasteiger partial charge is 0.483 e. The highest BCUT2D eigenvalue weighted by atomic mass is 79.9. The van der Waals surface area contributed by atoms with Crippen molar-refractivity contribution < 1.29 is 9.47 Å². The smallest absolute Gasteiger partial charge is 0.223 e. The molecule has 0 amide bonds. The standard InChI is InChI=1S/C15H15BrN2O2/c1-9-17-12(16)7-13(18-9)19-11-6-4-5-10-8-15(2,3)20-14(10)11/h4-7H,8H2,1-3H3. The van der Waals surface area contributed by atoms with Crippen molar-refractivity contribution in [3.8, 4) is 17.4 Å². The SMILES string of the molecule is Cc1nc(Br)cc(Oc2cccc3c2OC(C)(C)C3)n1.